The number of aliphatic hydroxyl groups is 1. The summed E-state index contributed by atoms with van der Waals surface area (Å²) >= 11 is 0. The number of carbonyl (C=O) groups is 2. The molecule has 5 rings (SSSR count). The fraction of sp³-hybridized carbons (Fsp3) is 0.667. The molecule has 180 valence electrons. The number of hydrogen-bond acceptors (Lipinski definition) is 4. The molecule has 0 aromatic heterocycles. The molecule has 1 aliphatic carbocycles. The highest BCUT2D eigenvalue weighted by Crippen LogP contribution is 2.55. The van der Waals surface area contributed by atoms with Gasteiger partial charge in [0, 0.05) is 38.2 Å². The Morgan fingerprint density at radius 3 is 2.61 bits per heavy atom. The van der Waals surface area contributed by atoms with E-state index in [1.54, 1.807) is 4.90 Å². The predicted molar refractivity (Wildman–Crippen MR) is 115 cm³/mol. The lowest BCUT2D eigenvalue weighted by Gasteiger charge is -2.30. The molecule has 6 nitrogen and oxygen atoms in total. The number of carbonyl (C=O) groups excluding carboxylic acids is 2. The smallest absolute Gasteiger partial charge is 0.385 e. The zero-order chi connectivity index (χ0) is 23.4. The molecule has 2 N–H and O–H groups in total. The van der Waals surface area contributed by atoms with Crippen LogP contribution < -0.4 is 5.32 Å². The molecule has 0 radical (unpaired) electrons. The first-order valence-corrected chi connectivity index (χ1v) is 11.8. The molecule has 0 bridgehead atoms. The number of anilines is 1. The lowest BCUT2D eigenvalue weighted by Crippen LogP contribution is -2.51. The maximum absolute atomic E-state index is 13.2. The minimum atomic E-state index is -4.78. The summed E-state index contributed by atoms with van der Waals surface area (Å²) in [7, 11) is 0. The van der Waals surface area contributed by atoms with Crippen LogP contribution in [0.5, 0.6) is 0 Å². The molecule has 1 saturated carbocycles. The van der Waals surface area contributed by atoms with E-state index < -0.39 is 36.7 Å². The van der Waals surface area contributed by atoms with Crippen molar-refractivity contribution in [1.29, 1.82) is 0 Å². The Morgan fingerprint density at radius 1 is 1.15 bits per heavy atom. The van der Waals surface area contributed by atoms with Crippen molar-refractivity contribution in [2.75, 3.05) is 31.5 Å². The molecule has 2 saturated heterocycles. The van der Waals surface area contributed by atoms with Gasteiger partial charge in [-0.3, -0.25) is 9.59 Å². The minimum absolute atomic E-state index is 0.0542. The van der Waals surface area contributed by atoms with Gasteiger partial charge in [-0.25, -0.2) is 0 Å². The summed E-state index contributed by atoms with van der Waals surface area (Å²) in [6, 6.07) is 7.40. The second-order valence-electron chi connectivity index (χ2n) is 10.4. The van der Waals surface area contributed by atoms with Crippen molar-refractivity contribution in [3.63, 3.8) is 0 Å². The van der Waals surface area contributed by atoms with E-state index in [0.717, 1.165) is 36.4 Å². The summed E-state index contributed by atoms with van der Waals surface area (Å²) in [5.41, 5.74) is -0.553. The summed E-state index contributed by atoms with van der Waals surface area (Å²) in [5.74, 6) is -0.238. The molecule has 3 fully saturated rings. The molecule has 1 spiro atoms. The molecule has 3 aliphatic heterocycles. The van der Waals surface area contributed by atoms with Gasteiger partial charge in [0.05, 0.1) is 6.54 Å². The van der Waals surface area contributed by atoms with Gasteiger partial charge in [-0.05, 0) is 55.1 Å². The average Bonchev–Trinajstić information content (AvgIpc) is 3.23. The van der Waals surface area contributed by atoms with Gasteiger partial charge in [-0.2, -0.15) is 13.2 Å². The molecule has 2 unspecified atom stereocenters. The summed E-state index contributed by atoms with van der Waals surface area (Å²) in [5, 5.41) is 13.4. The topological polar surface area (TPSA) is 72.9 Å². The number of likely N-dealkylation sites (tertiary alicyclic amines) is 2. The van der Waals surface area contributed by atoms with Crippen LogP contribution in [0.15, 0.2) is 24.3 Å². The van der Waals surface area contributed by atoms with Gasteiger partial charge < -0.3 is 20.2 Å². The van der Waals surface area contributed by atoms with Crippen LogP contribution in [0.4, 0.5) is 18.9 Å². The van der Waals surface area contributed by atoms with Crippen molar-refractivity contribution in [1.82, 2.24) is 9.80 Å². The third kappa shape index (κ3) is 4.20. The van der Waals surface area contributed by atoms with Crippen LogP contribution in [0.25, 0.3) is 0 Å². The summed E-state index contributed by atoms with van der Waals surface area (Å²) in [6.45, 7) is 0.396. The monoisotopic (exact) mass is 465 g/mol. The van der Waals surface area contributed by atoms with E-state index in [0.29, 0.717) is 31.7 Å². The molecule has 1 aromatic rings. The SMILES string of the molecule is O=C([C@@H]1CC2(CC2)CN1C(=O)CCC1CNc2ccccc2C1)N1CCC(O)(C(F)(F)F)C1. The van der Waals surface area contributed by atoms with E-state index >= 15 is 0 Å². The van der Waals surface area contributed by atoms with Crippen molar-refractivity contribution in [3.8, 4) is 0 Å². The number of para-hydroxylation sites is 1. The normalized spacial score (nSPS) is 30.3. The Balaban J connectivity index is 1.22. The predicted octanol–water partition coefficient (Wildman–Crippen LogP) is 2.96. The largest absolute Gasteiger partial charge is 0.419 e. The summed E-state index contributed by atoms with van der Waals surface area (Å²) in [4.78, 5) is 29.1. The Morgan fingerprint density at radius 2 is 1.91 bits per heavy atom. The van der Waals surface area contributed by atoms with Crippen LogP contribution in [0.1, 0.15) is 44.1 Å². The van der Waals surface area contributed by atoms with E-state index in [9.17, 15) is 27.9 Å². The maximum atomic E-state index is 13.2. The van der Waals surface area contributed by atoms with Crippen LogP contribution in [-0.4, -0.2) is 70.7 Å². The quantitative estimate of drug-likeness (QED) is 0.717. The number of β-amino-alcohol motifs (C(OH)–C–C–N with tert-alkyl or cyclic N) is 1. The number of nitrogens with zero attached hydrogens (tertiary/aromatic N) is 2. The van der Waals surface area contributed by atoms with Gasteiger partial charge in [0.1, 0.15) is 6.04 Å². The first-order valence-electron chi connectivity index (χ1n) is 11.8. The highest BCUT2D eigenvalue weighted by atomic mass is 19.4. The zero-order valence-electron chi connectivity index (χ0n) is 18.5. The Labute approximate surface area is 191 Å². The van der Waals surface area contributed by atoms with Crippen LogP contribution in [-0.2, 0) is 16.0 Å². The minimum Gasteiger partial charge on any atom is -0.385 e. The van der Waals surface area contributed by atoms with Gasteiger partial charge in [0.25, 0.3) is 0 Å². The van der Waals surface area contributed by atoms with Crippen LogP contribution in [0.3, 0.4) is 0 Å². The molecule has 9 heteroatoms. The van der Waals surface area contributed by atoms with E-state index in [2.05, 4.69) is 11.4 Å². The Kier molecular flexibility index (Phi) is 5.38. The zero-order valence-corrected chi connectivity index (χ0v) is 18.5. The number of amides is 2. The van der Waals surface area contributed by atoms with Gasteiger partial charge in [-0.15, -0.1) is 0 Å². The second kappa shape index (κ2) is 7.89. The molecule has 3 atom stereocenters. The van der Waals surface area contributed by atoms with Crippen molar-refractivity contribution < 1.29 is 27.9 Å². The Hall–Kier alpha value is -2.29. The molecule has 2 amide bonds. The number of benzene rings is 1. The number of alkyl halides is 3. The van der Waals surface area contributed by atoms with Crippen molar-refractivity contribution in [3.05, 3.63) is 29.8 Å². The number of nitrogens with one attached hydrogen (secondary N) is 1. The summed E-state index contributed by atoms with van der Waals surface area (Å²) in [6.07, 6.45) is -0.999. The molecular formula is C24H30F3N3O3. The number of fused-ring (bicyclic) bond motifs is 1. The van der Waals surface area contributed by atoms with Crippen molar-refractivity contribution >= 4 is 17.5 Å². The third-order valence-corrected chi connectivity index (χ3v) is 8.03. The first kappa shape index (κ1) is 22.5. The van der Waals surface area contributed by atoms with Gasteiger partial charge in [0.2, 0.25) is 11.8 Å². The highest BCUT2D eigenvalue weighted by molar-refractivity contribution is 5.89. The van der Waals surface area contributed by atoms with Crippen molar-refractivity contribution in [2.24, 2.45) is 11.3 Å². The fourth-order valence-electron chi connectivity index (χ4n) is 5.69. The molecular weight excluding hydrogens is 435 g/mol. The van der Waals surface area contributed by atoms with Crippen molar-refractivity contribution in [2.45, 2.75) is 62.8 Å². The number of hydrogen-bond donors (Lipinski definition) is 2. The first-order chi connectivity index (χ1) is 15.6. The van der Waals surface area contributed by atoms with E-state index in [-0.39, 0.29) is 17.9 Å². The summed E-state index contributed by atoms with van der Waals surface area (Å²) < 4.78 is 39.6. The highest BCUT2D eigenvalue weighted by Gasteiger charge is 2.60. The molecule has 4 aliphatic rings. The van der Waals surface area contributed by atoms with Crippen LogP contribution >= 0.6 is 0 Å². The maximum Gasteiger partial charge on any atom is 0.419 e. The Bertz CT molecular complexity index is 948. The van der Waals surface area contributed by atoms with Crippen LogP contribution in [0, 0.1) is 11.3 Å². The van der Waals surface area contributed by atoms with E-state index in [4.69, 9.17) is 0 Å². The fourth-order valence-corrected chi connectivity index (χ4v) is 5.69. The number of rotatable bonds is 4. The van der Waals surface area contributed by atoms with Gasteiger partial charge >= 0.3 is 6.18 Å². The van der Waals surface area contributed by atoms with E-state index in [1.807, 2.05) is 18.2 Å². The van der Waals surface area contributed by atoms with Gasteiger partial charge in [0.15, 0.2) is 5.60 Å². The average molecular weight is 466 g/mol. The number of halogens is 3. The molecule has 3 heterocycles. The second-order valence-corrected chi connectivity index (χ2v) is 10.4. The third-order valence-electron chi connectivity index (χ3n) is 8.03. The standard InChI is InChI=1S/C24H30F3N3O3/c25-24(26,27)23(33)9-10-29(15-23)21(32)19-12-22(7-8-22)14-30(19)20(31)6-5-16-11-17-3-1-2-4-18(17)28-13-16/h1-4,16,19,28,33H,5-15H2/t16?,19-,23?/m0/s1. The van der Waals surface area contributed by atoms with Crippen LogP contribution in [0.2, 0.25) is 0 Å². The molecule has 1 aromatic carbocycles. The lowest BCUT2D eigenvalue weighted by atomic mass is 9.90. The molecule has 33 heavy (non-hydrogen) atoms. The van der Waals surface area contributed by atoms with E-state index in [1.165, 1.54) is 5.56 Å². The lowest BCUT2D eigenvalue weighted by molar-refractivity contribution is -0.253. The van der Waals surface area contributed by atoms with Gasteiger partial charge in [-0.1, -0.05) is 18.2 Å².